The Kier molecular flexibility index (Phi) is 3.92. The predicted octanol–water partition coefficient (Wildman–Crippen LogP) is 1.61. The molecule has 6 rings (SSSR count). The van der Waals surface area contributed by atoms with E-state index in [1.165, 1.54) is 17.5 Å². The normalized spacial score (nSPS) is 18.1. The smallest absolute Gasteiger partial charge is 0.258 e. The molecule has 2 fully saturated rings. The van der Waals surface area contributed by atoms with Crippen molar-refractivity contribution in [1.29, 1.82) is 0 Å². The first kappa shape index (κ1) is 18.4. The van der Waals surface area contributed by atoms with Crippen molar-refractivity contribution in [2.24, 2.45) is 5.41 Å². The van der Waals surface area contributed by atoms with Gasteiger partial charge in [0.15, 0.2) is 5.65 Å². The number of nitrogens with zero attached hydrogens (tertiary/aromatic N) is 7. The van der Waals surface area contributed by atoms with Gasteiger partial charge in [-0.3, -0.25) is 9.20 Å². The Balaban J connectivity index is 1.37. The molecule has 0 amide bonds. The molecule has 4 aromatic rings. The van der Waals surface area contributed by atoms with Crippen molar-refractivity contribution in [1.82, 2.24) is 34.5 Å². The number of piperidine rings is 1. The summed E-state index contributed by atoms with van der Waals surface area (Å²) in [7, 11) is 0. The van der Waals surface area contributed by atoms with Gasteiger partial charge in [0.25, 0.3) is 5.56 Å². The van der Waals surface area contributed by atoms with Gasteiger partial charge in [0.2, 0.25) is 0 Å². The Labute approximate surface area is 178 Å². The molecule has 4 aromatic heterocycles. The molecule has 158 valence electrons. The zero-order chi connectivity index (χ0) is 21.2. The fraction of sp³-hybridized carbons (Fsp3) is 0.409. The molecule has 2 aliphatic rings. The molecule has 6 heterocycles. The van der Waals surface area contributed by atoms with E-state index in [-0.39, 0.29) is 5.56 Å². The van der Waals surface area contributed by atoms with Crippen molar-refractivity contribution in [2.75, 3.05) is 31.1 Å². The first-order valence-corrected chi connectivity index (χ1v) is 10.7. The highest BCUT2D eigenvalue weighted by atomic mass is 16.1. The molecule has 31 heavy (non-hydrogen) atoms. The second-order valence-corrected chi connectivity index (χ2v) is 8.89. The number of aryl methyl sites for hydroxylation is 2. The number of nitrogens with one attached hydrogen (secondary N) is 1. The SMILES string of the molecule is Cc1nc2ccc(-c3cc(=O)n4cc(N5CC6(CCNCC6)C5)cc(C)c4n3)nn2n1. The van der Waals surface area contributed by atoms with E-state index in [9.17, 15) is 4.79 Å². The monoisotopic (exact) mass is 416 g/mol. The van der Waals surface area contributed by atoms with E-state index < -0.39 is 0 Å². The van der Waals surface area contributed by atoms with Crippen molar-refractivity contribution < 1.29 is 0 Å². The van der Waals surface area contributed by atoms with Gasteiger partial charge in [0, 0.05) is 30.8 Å². The molecule has 2 aliphatic heterocycles. The third-order valence-corrected chi connectivity index (χ3v) is 6.59. The number of hydrogen-bond acceptors (Lipinski definition) is 7. The molecule has 2 saturated heterocycles. The minimum atomic E-state index is -0.112. The fourth-order valence-corrected chi connectivity index (χ4v) is 4.90. The Morgan fingerprint density at radius 2 is 1.81 bits per heavy atom. The maximum absolute atomic E-state index is 13.0. The average Bonchev–Trinajstić information content (AvgIpc) is 3.12. The number of pyridine rings is 1. The first-order valence-electron chi connectivity index (χ1n) is 10.7. The second kappa shape index (κ2) is 6.58. The second-order valence-electron chi connectivity index (χ2n) is 8.89. The lowest BCUT2D eigenvalue weighted by Crippen LogP contribution is -2.60. The standard InChI is InChI=1S/C22H24N8O/c1-14-9-16(28-12-22(13-28)5-7-23-8-6-22)11-29-20(31)10-18(25-21(14)29)17-3-4-19-24-15(2)26-30(19)27-17/h3-4,9-11,23H,5-8,12-13H2,1-2H3. The molecule has 1 spiro atoms. The quantitative estimate of drug-likeness (QED) is 0.531. The summed E-state index contributed by atoms with van der Waals surface area (Å²) in [5, 5.41) is 12.2. The maximum atomic E-state index is 13.0. The summed E-state index contributed by atoms with van der Waals surface area (Å²) in [5.41, 5.74) is 4.83. The molecule has 1 N–H and O–H groups in total. The molecule has 0 radical (unpaired) electrons. The van der Waals surface area contributed by atoms with Crippen LogP contribution >= 0.6 is 0 Å². The highest BCUT2D eigenvalue weighted by molar-refractivity contribution is 5.63. The average molecular weight is 416 g/mol. The van der Waals surface area contributed by atoms with Crippen LogP contribution < -0.4 is 15.8 Å². The Bertz CT molecular complexity index is 1370. The largest absolute Gasteiger partial charge is 0.369 e. The van der Waals surface area contributed by atoms with Crippen LogP contribution in [0.3, 0.4) is 0 Å². The Morgan fingerprint density at radius 1 is 1.00 bits per heavy atom. The molecular weight excluding hydrogens is 392 g/mol. The van der Waals surface area contributed by atoms with Gasteiger partial charge in [-0.2, -0.15) is 0 Å². The summed E-state index contributed by atoms with van der Waals surface area (Å²) in [6.45, 7) is 8.14. The zero-order valence-electron chi connectivity index (χ0n) is 17.7. The van der Waals surface area contributed by atoms with Crippen molar-refractivity contribution in [3.05, 3.63) is 52.2 Å². The number of fused-ring (bicyclic) bond motifs is 2. The summed E-state index contributed by atoms with van der Waals surface area (Å²) in [4.78, 5) is 24.4. The van der Waals surface area contributed by atoms with E-state index >= 15 is 0 Å². The Hall–Kier alpha value is -3.33. The van der Waals surface area contributed by atoms with Crippen LogP contribution in [0.2, 0.25) is 0 Å². The van der Waals surface area contributed by atoms with E-state index in [2.05, 4.69) is 31.5 Å². The van der Waals surface area contributed by atoms with Gasteiger partial charge in [-0.1, -0.05) is 0 Å². The lowest BCUT2D eigenvalue weighted by Gasteiger charge is -2.53. The number of rotatable bonds is 2. The van der Waals surface area contributed by atoms with Gasteiger partial charge in [-0.15, -0.1) is 14.8 Å². The molecule has 0 unspecified atom stereocenters. The fourth-order valence-electron chi connectivity index (χ4n) is 4.90. The van der Waals surface area contributed by atoms with Gasteiger partial charge in [0.1, 0.15) is 17.2 Å². The molecule has 0 atom stereocenters. The van der Waals surface area contributed by atoms with E-state index in [4.69, 9.17) is 4.98 Å². The highest BCUT2D eigenvalue weighted by Crippen LogP contribution is 2.41. The molecule has 0 bridgehead atoms. The van der Waals surface area contributed by atoms with Gasteiger partial charge in [-0.05, 0) is 63.5 Å². The Morgan fingerprint density at radius 3 is 2.61 bits per heavy atom. The van der Waals surface area contributed by atoms with Crippen LogP contribution in [0.1, 0.15) is 24.2 Å². The van der Waals surface area contributed by atoms with Gasteiger partial charge < -0.3 is 10.2 Å². The summed E-state index contributed by atoms with van der Waals surface area (Å²) >= 11 is 0. The number of aromatic nitrogens is 6. The van der Waals surface area contributed by atoms with E-state index in [1.807, 2.05) is 32.2 Å². The van der Waals surface area contributed by atoms with Gasteiger partial charge in [0.05, 0.1) is 11.4 Å². The van der Waals surface area contributed by atoms with Crippen LogP contribution in [0.4, 0.5) is 5.69 Å². The van der Waals surface area contributed by atoms with Crippen LogP contribution in [0.5, 0.6) is 0 Å². The van der Waals surface area contributed by atoms with Crippen molar-refractivity contribution in [3.63, 3.8) is 0 Å². The molecule has 0 aliphatic carbocycles. The van der Waals surface area contributed by atoms with Crippen LogP contribution in [0.25, 0.3) is 22.7 Å². The van der Waals surface area contributed by atoms with E-state index in [0.717, 1.165) is 37.4 Å². The van der Waals surface area contributed by atoms with Crippen LogP contribution in [-0.2, 0) is 0 Å². The van der Waals surface area contributed by atoms with Crippen LogP contribution in [-0.4, -0.2) is 55.4 Å². The minimum Gasteiger partial charge on any atom is -0.369 e. The van der Waals surface area contributed by atoms with Gasteiger partial charge >= 0.3 is 0 Å². The molecule has 0 aromatic carbocycles. The third kappa shape index (κ3) is 2.99. The topological polar surface area (TPSA) is 92.7 Å². The van der Waals surface area contributed by atoms with Crippen molar-refractivity contribution >= 4 is 17.0 Å². The highest BCUT2D eigenvalue weighted by Gasteiger charge is 2.43. The van der Waals surface area contributed by atoms with E-state index in [0.29, 0.717) is 33.9 Å². The predicted molar refractivity (Wildman–Crippen MR) is 117 cm³/mol. The van der Waals surface area contributed by atoms with Crippen LogP contribution in [0.15, 0.2) is 35.3 Å². The van der Waals surface area contributed by atoms with E-state index in [1.54, 1.807) is 10.5 Å². The molecule has 9 heteroatoms. The third-order valence-electron chi connectivity index (χ3n) is 6.59. The first-order chi connectivity index (χ1) is 15.0. The minimum absolute atomic E-state index is 0.112. The lowest BCUT2D eigenvalue weighted by molar-refractivity contribution is 0.150. The number of anilines is 1. The maximum Gasteiger partial charge on any atom is 0.258 e. The molecule has 0 saturated carbocycles. The lowest BCUT2D eigenvalue weighted by atomic mass is 9.72. The molecule has 9 nitrogen and oxygen atoms in total. The summed E-state index contributed by atoms with van der Waals surface area (Å²) in [5.74, 6) is 0.650. The zero-order valence-corrected chi connectivity index (χ0v) is 17.7. The summed E-state index contributed by atoms with van der Waals surface area (Å²) in [6, 6.07) is 7.34. The van der Waals surface area contributed by atoms with Gasteiger partial charge in [-0.25, -0.2) is 9.97 Å². The molecular formula is C22H24N8O. The van der Waals surface area contributed by atoms with Crippen molar-refractivity contribution in [2.45, 2.75) is 26.7 Å². The summed E-state index contributed by atoms with van der Waals surface area (Å²) < 4.78 is 3.13. The number of hydrogen-bond donors (Lipinski definition) is 1. The summed E-state index contributed by atoms with van der Waals surface area (Å²) in [6.07, 6.45) is 4.37. The van der Waals surface area contributed by atoms with Crippen molar-refractivity contribution in [3.8, 4) is 11.4 Å². The van der Waals surface area contributed by atoms with Crippen LogP contribution in [0, 0.1) is 19.3 Å².